The van der Waals surface area contributed by atoms with Crippen LogP contribution in [0.15, 0.2) is 18.2 Å². The summed E-state index contributed by atoms with van der Waals surface area (Å²) in [6.07, 6.45) is 0. The third-order valence-corrected chi connectivity index (χ3v) is 1.91. The van der Waals surface area contributed by atoms with Crippen LogP contribution in [-0.4, -0.2) is 0 Å². The lowest BCUT2D eigenvalue weighted by Crippen LogP contribution is -2.32. The van der Waals surface area contributed by atoms with Crippen molar-refractivity contribution in [2.24, 2.45) is 5.73 Å². The van der Waals surface area contributed by atoms with E-state index in [1.165, 1.54) is 13.0 Å². The molecule has 0 aliphatic heterocycles. The predicted octanol–water partition coefficient (Wildman–Crippen LogP) is 1.83. The van der Waals surface area contributed by atoms with Crippen LogP contribution in [0, 0.1) is 24.1 Å². The van der Waals surface area contributed by atoms with Crippen molar-refractivity contribution >= 4 is 0 Å². The van der Waals surface area contributed by atoms with Crippen molar-refractivity contribution in [3.63, 3.8) is 0 Å². The van der Waals surface area contributed by atoms with E-state index in [0.29, 0.717) is 0 Å². The summed E-state index contributed by atoms with van der Waals surface area (Å²) in [5.74, 6) is -0.433. The number of rotatable bonds is 1. The van der Waals surface area contributed by atoms with Crippen molar-refractivity contribution in [3.8, 4) is 6.07 Å². The summed E-state index contributed by atoms with van der Waals surface area (Å²) in [5.41, 5.74) is 5.49. The van der Waals surface area contributed by atoms with Gasteiger partial charge in [-0.2, -0.15) is 5.26 Å². The summed E-state index contributed by atoms with van der Waals surface area (Å²) in [6, 6.07) is 6.43. The molecule has 0 heterocycles. The van der Waals surface area contributed by atoms with E-state index in [1.807, 2.05) is 13.0 Å². The Morgan fingerprint density at radius 2 is 2.15 bits per heavy atom. The first-order valence-electron chi connectivity index (χ1n) is 3.94. The maximum atomic E-state index is 13.2. The summed E-state index contributed by atoms with van der Waals surface area (Å²) >= 11 is 0. The molecule has 1 aromatic carbocycles. The minimum Gasteiger partial charge on any atom is -0.310 e. The number of halogens is 1. The highest BCUT2D eigenvalue weighted by molar-refractivity contribution is 5.34. The Morgan fingerprint density at radius 1 is 1.54 bits per heavy atom. The second kappa shape index (κ2) is 3.15. The fourth-order valence-corrected chi connectivity index (χ4v) is 1.10. The van der Waals surface area contributed by atoms with Crippen molar-refractivity contribution in [2.75, 3.05) is 0 Å². The number of hydrogen-bond donors (Lipinski definition) is 1. The molecule has 13 heavy (non-hydrogen) atoms. The predicted molar refractivity (Wildman–Crippen MR) is 48.3 cm³/mol. The zero-order chi connectivity index (χ0) is 10.1. The third-order valence-electron chi connectivity index (χ3n) is 1.91. The van der Waals surface area contributed by atoms with Crippen LogP contribution in [0.1, 0.15) is 18.1 Å². The van der Waals surface area contributed by atoms with E-state index in [-0.39, 0.29) is 5.56 Å². The average Bonchev–Trinajstić information content (AvgIpc) is 2.09. The SMILES string of the molecule is Cc1ccc(F)c([C@@](C)(N)C#N)c1. The van der Waals surface area contributed by atoms with Gasteiger partial charge in [0.25, 0.3) is 0 Å². The summed E-state index contributed by atoms with van der Waals surface area (Å²) in [7, 11) is 0. The van der Waals surface area contributed by atoms with Crippen LogP contribution in [0.4, 0.5) is 4.39 Å². The molecule has 0 amide bonds. The first kappa shape index (κ1) is 9.69. The van der Waals surface area contributed by atoms with Crippen LogP contribution in [-0.2, 0) is 5.54 Å². The summed E-state index contributed by atoms with van der Waals surface area (Å²) in [5, 5.41) is 8.72. The molecule has 1 aromatic rings. The molecule has 0 saturated heterocycles. The van der Waals surface area contributed by atoms with Gasteiger partial charge in [-0.25, -0.2) is 4.39 Å². The number of nitrogens with two attached hydrogens (primary N) is 1. The zero-order valence-electron chi connectivity index (χ0n) is 7.63. The quantitative estimate of drug-likeness (QED) is 0.713. The topological polar surface area (TPSA) is 49.8 Å². The molecule has 1 atom stereocenters. The van der Waals surface area contributed by atoms with Crippen LogP contribution < -0.4 is 5.73 Å². The Kier molecular flexibility index (Phi) is 2.35. The number of hydrogen-bond acceptors (Lipinski definition) is 2. The minimum atomic E-state index is -1.25. The fraction of sp³-hybridized carbons (Fsp3) is 0.300. The van der Waals surface area contributed by atoms with Gasteiger partial charge >= 0.3 is 0 Å². The van der Waals surface area contributed by atoms with E-state index in [9.17, 15) is 4.39 Å². The maximum absolute atomic E-state index is 13.2. The summed E-state index contributed by atoms with van der Waals surface area (Å²) < 4.78 is 13.2. The zero-order valence-corrected chi connectivity index (χ0v) is 7.63. The highest BCUT2D eigenvalue weighted by atomic mass is 19.1. The monoisotopic (exact) mass is 178 g/mol. The summed E-state index contributed by atoms with van der Waals surface area (Å²) in [4.78, 5) is 0. The number of nitrogens with zero attached hydrogens (tertiary/aromatic N) is 1. The molecule has 0 fully saturated rings. The first-order valence-corrected chi connectivity index (χ1v) is 3.94. The maximum Gasteiger partial charge on any atom is 0.129 e. The van der Waals surface area contributed by atoms with Gasteiger partial charge in [0.15, 0.2) is 0 Å². The number of benzene rings is 1. The van der Waals surface area contributed by atoms with Crippen LogP contribution in [0.2, 0.25) is 0 Å². The Bertz CT molecular complexity index is 364. The lowest BCUT2D eigenvalue weighted by molar-refractivity contribution is 0.550. The van der Waals surface area contributed by atoms with Crippen LogP contribution in [0.5, 0.6) is 0 Å². The molecule has 2 nitrogen and oxygen atoms in total. The molecule has 0 spiro atoms. The van der Waals surface area contributed by atoms with Gasteiger partial charge in [-0.15, -0.1) is 0 Å². The molecular formula is C10H11FN2. The second-order valence-electron chi connectivity index (χ2n) is 3.30. The highest BCUT2D eigenvalue weighted by Crippen LogP contribution is 2.21. The second-order valence-corrected chi connectivity index (χ2v) is 3.30. The van der Waals surface area contributed by atoms with E-state index in [0.717, 1.165) is 5.56 Å². The van der Waals surface area contributed by atoms with Crippen molar-refractivity contribution in [3.05, 3.63) is 35.1 Å². The molecule has 0 aromatic heterocycles. The molecule has 0 unspecified atom stereocenters. The number of aryl methyl sites for hydroxylation is 1. The van der Waals surface area contributed by atoms with E-state index in [2.05, 4.69) is 0 Å². The Balaban J connectivity index is 3.30. The molecule has 0 radical (unpaired) electrons. The third kappa shape index (κ3) is 1.85. The van der Waals surface area contributed by atoms with Gasteiger partial charge < -0.3 is 5.73 Å². The Labute approximate surface area is 76.8 Å². The molecular weight excluding hydrogens is 167 g/mol. The number of nitriles is 1. The fourth-order valence-electron chi connectivity index (χ4n) is 1.10. The first-order chi connectivity index (χ1) is 5.97. The minimum absolute atomic E-state index is 0.245. The molecule has 1 rings (SSSR count). The van der Waals surface area contributed by atoms with Gasteiger partial charge in [0, 0.05) is 5.56 Å². The van der Waals surface area contributed by atoms with Crippen molar-refractivity contribution < 1.29 is 4.39 Å². The van der Waals surface area contributed by atoms with Crippen LogP contribution in [0.25, 0.3) is 0 Å². The molecule has 68 valence electrons. The lowest BCUT2D eigenvalue weighted by atomic mass is 9.93. The average molecular weight is 178 g/mol. The molecule has 0 aliphatic rings. The molecule has 0 aliphatic carbocycles. The van der Waals surface area contributed by atoms with Crippen LogP contribution >= 0.6 is 0 Å². The van der Waals surface area contributed by atoms with Gasteiger partial charge in [0.2, 0.25) is 0 Å². The van der Waals surface area contributed by atoms with Crippen LogP contribution in [0.3, 0.4) is 0 Å². The van der Waals surface area contributed by atoms with E-state index in [4.69, 9.17) is 11.0 Å². The van der Waals surface area contributed by atoms with Gasteiger partial charge in [-0.1, -0.05) is 17.7 Å². The normalized spacial score (nSPS) is 14.7. The smallest absolute Gasteiger partial charge is 0.129 e. The standard InChI is InChI=1S/C10H11FN2/c1-7-3-4-9(11)8(5-7)10(2,13)6-12/h3-5H,13H2,1-2H3/t10-/m0/s1. The highest BCUT2D eigenvalue weighted by Gasteiger charge is 2.23. The van der Waals surface area contributed by atoms with Gasteiger partial charge in [0.05, 0.1) is 6.07 Å². The van der Waals surface area contributed by atoms with Crippen molar-refractivity contribution in [1.29, 1.82) is 5.26 Å². The van der Waals surface area contributed by atoms with Gasteiger partial charge in [-0.3, -0.25) is 0 Å². The molecule has 3 heteroatoms. The molecule has 0 saturated carbocycles. The Morgan fingerprint density at radius 3 is 2.69 bits per heavy atom. The Hall–Kier alpha value is -1.40. The van der Waals surface area contributed by atoms with E-state index < -0.39 is 11.4 Å². The molecule has 0 bridgehead atoms. The summed E-state index contributed by atoms with van der Waals surface area (Å²) in [6.45, 7) is 3.32. The largest absolute Gasteiger partial charge is 0.310 e. The van der Waals surface area contributed by atoms with E-state index >= 15 is 0 Å². The van der Waals surface area contributed by atoms with Crippen molar-refractivity contribution in [1.82, 2.24) is 0 Å². The van der Waals surface area contributed by atoms with Crippen molar-refractivity contribution in [2.45, 2.75) is 19.4 Å². The van der Waals surface area contributed by atoms with E-state index in [1.54, 1.807) is 12.1 Å². The van der Waals surface area contributed by atoms with Gasteiger partial charge in [0.1, 0.15) is 11.4 Å². The van der Waals surface area contributed by atoms with Gasteiger partial charge in [-0.05, 0) is 19.9 Å². The molecule has 2 N–H and O–H groups in total. The lowest BCUT2D eigenvalue weighted by Gasteiger charge is -2.16.